The van der Waals surface area contributed by atoms with E-state index in [0.717, 1.165) is 31.3 Å². The minimum absolute atomic E-state index is 0.323. The Bertz CT molecular complexity index is 233. The Morgan fingerprint density at radius 3 is 2.93 bits per heavy atom. The Morgan fingerprint density at radius 1 is 1.47 bits per heavy atom. The van der Waals surface area contributed by atoms with Crippen molar-refractivity contribution in [2.24, 2.45) is 0 Å². The summed E-state index contributed by atoms with van der Waals surface area (Å²) >= 11 is 0. The van der Waals surface area contributed by atoms with E-state index in [1.54, 1.807) is 6.92 Å². The van der Waals surface area contributed by atoms with Crippen molar-refractivity contribution in [3.63, 3.8) is 0 Å². The van der Waals surface area contributed by atoms with Gasteiger partial charge in [0.05, 0.1) is 6.61 Å². The average Bonchev–Trinajstić information content (AvgIpc) is 2.16. The van der Waals surface area contributed by atoms with Crippen LogP contribution in [0.4, 0.5) is 0 Å². The van der Waals surface area contributed by atoms with E-state index >= 15 is 0 Å². The molecule has 0 bridgehead atoms. The molecule has 0 saturated heterocycles. The van der Waals surface area contributed by atoms with E-state index in [0.29, 0.717) is 6.61 Å². The normalized spacial score (nSPS) is 23.2. The van der Waals surface area contributed by atoms with E-state index < -0.39 is 12.1 Å². The van der Waals surface area contributed by atoms with Crippen molar-refractivity contribution < 1.29 is 14.6 Å². The number of ether oxygens (including phenoxy) is 1. The Hall–Kier alpha value is -0.830. The number of rotatable bonds is 3. The monoisotopic (exact) mass is 212 g/mol. The number of carbonyl (C=O) groups excluding carboxylic acids is 1. The number of allylic oxidation sites excluding steroid dienone is 1. The Kier molecular flexibility index (Phi) is 5.40. The fraction of sp³-hybridized carbons (Fsp3) is 0.750. The van der Waals surface area contributed by atoms with E-state index in [4.69, 9.17) is 4.74 Å². The summed E-state index contributed by atoms with van der Waals surface area (Å²) in [7, 11) is 0. The summed E-state index contributed by atoms with van der Waals surface area (Å²) < 4.78 is 4.80. The predicted octanol–water partition coefficient (Wildman–Crippen LogP) is 2.19. The zero-order chi connectivity index (χ0) is 11.1. The van der Waals surface area contributed by atoms with E-state index in [-0.39, 0.29) is 0 Å². The van der Waals surface area contributed by atoms with Gasteiger partial charge in [0.25, 0.3) is 0 Å². The van der Waals surface area contributed by atoms with Crippen LogP contribution in [0, 0.1) is 0 Å². The molecule has 0 amide bonds. The summed E-state index contributed by atoms with van der Waals surface area (Å²) in [6.45, 7) is 2.07. The number of hydrogen-bond donors (Lipinski definition) is 1. The van der Waals surface area contributed by atoms with Crippen molar-refractivity contribution in [2.45, 2.75) is 51.6 Å². The molecule has 3 heteroatoms. The minimum Gasteiger partial charge on any atom is -0.464 e. The molecule has 3 nitrogen and oxygen atoms in total. The molecule has 0 spiro atoms. The number of carbonyl (C=O) groups is 1. The fourth-order valence-electron chi connectivity index (χ4n) is 1.84. The Labute approximate surface area is 91.1 Å². The van der Waals surface area contributed by atoms with Crippen LogP contribution < -0.4 is 0 Å². The molecule has 1 rings (SSSR count). The zero-order valence-corrected chi connectivity index (χ0v) is 9.37. The molecule has 0 aromatic heterocycles. The highest BCUT2D eigenvalue weighted by Gasteiger charge is 2.20. The highest BCUT2D eigenvalue weighted by atomic mass is 16.5. The molecule has 0 fully saturated rings. The van der Waals surface area contributed by atoms with Gasteiger partial charge in [0.1, 0.15) is 0 Å². The maximum absolute atomic E-state index is 11.3. The van der Waals surface area contributed by atoms with Gasteiger partial charge in [0, 0.05) is 0 Å². The molecule has 0 aromatic carbocycles. The van der Waals surface area contributed by atoms with Gasteiger partial charge >= 0.3 is 5.97 Å². The molecular weight excluding hydrogens is 192 g/mol. The first-order valence-corrected chi connectivity index (χ1v) is 5.79. The summed E-state index contributed by atoms with van der Waals surface area (Å²) in [5, 5.41) is 9.75. The van der Waals surface area contributed by atoms with Gasteiger partial charge in [0.15, 0.2) is 6.10 Å². The van der Waals surface area contributed by atoms with Crippen molar-refractivity contribution in [3.05, 3.63) is 11.6 Å². The van der Waals surface area contributed by atoms with Crippen molar-refractivity contribution in [1.29, 1.82) is 0 Å². The third kappa shape index (κ3) is 4.04. The van der Waals surface area contributed by atoms with Gasteiger partial charge in [-0.15, -0.1) is 0 Å². The number of aliphatic hydroxyl groups excluding tert-OH is 1. The smallest absolute Gasteiger partial charge is 0.339 e. The molecule has 0 radical (unpaired) electrons. The van der Waals surface area contributed by atoms with Crippen LogP contribution in [0.3, 0.4) is 0 Å². The molecule has 0 saturated carbocycles. The number of hydrogen-bond acceptors (Lipinski definition) is 3. The first-order valence-electron chi connectivity index (χ1n) is 5.79. The number of aliphatic hydroxyl groups is 1. The molecule has 1 N–H and O–H groups in total. The SMILES string of the molecule is CCOC(=O)C(O)/C1=C/CCCCCC1. The highest BCUT2D eigenvalue weighted by Crippen LogP contribution is 2.20. The van der Waals surface area contributed by atoms with Gasteiger partial charge in [-0.05, 0) is 38.2 Å². The van der Waals surface area contributed by atoms with E-state index in [2.05, 4.69) is 0 Å². The second-order valence-corrected chi connectivity index (χ2v) is 3.89. The maximum Gasteiger partial charge on any atom is 0.339 e. The van der Waals surface area contributed by atoms with Crippen LogP contribution in [0.5, 0.6) is 0 Å². The third-order valence-corrected chi connectivity index (χ3v) is 2.69. The van der Waals surface area contributed by atoms with E-state index in [1.165, 1.54) is 12.8 Å². The minimum atomic E-state index is -1.04. The van der Waals surface area contributed by atoms with Crippen LogP contribution in [-0.2, 0) is 9.53 Å². The van der Waals surface area contributed by atoms with Crippen molar-refractivity contribution in [3.8, 4) is 0 Å². The van der Waals surface area contributed by atoms with Crippen LogP contribution in [0.1, 0.15) is 45.4 Å². The van der Waals surface area contributed by atoms with Gasteiger partial charge in [-0.25, -0.2) is 4.79 Å². The topological polar surface area (TPSA) is 46.5 Å². The van der Waals surface area contributed by atoms with E-state index in [9.17, 15) is 9.90 Å². The van der Waals surface area contributed by atoms with Gasteiger partial charge in [-0.2, -0.15) is 0 Å². The lowest BCUT2D eigenvalue weighted by atomic mass is 9.96. The second-order valence-electron chi connectivity index (χ2n) is 3.89. The van der Waals surface area contributed by atoms with Gasteiger partial charge < -0.3 is 9.84 Å². The Balaban J connectivity index is 2.54. The summed E-state index contributed by atoms with van der Waals surface area (Å²) in [5.41, 5.74) is 0.841. The zero-order valence-electron chi connectivity index (χ0n) is 9.37. The van der Waals surface area contributed by atoms with Crippen LogP contribution in [0.25, 0.3) is 0 Å². The molecule has 1 aliphatic carbocycles. The first-order chi connectivity index (χ1) is 7.25. The molecule has 86 valence electrons. The lowest BCUT2D eigenvalue weighted by molar-refractivity contribution is -0.151. The largest absolute Gasteiger partial charge is 0.464 e. The summed E-state index contributed by atoms with van der Waals surface area (Å²) in [4.78, 5) is 11.3. The maximum atomic E-state index is 11.3. The molecule has 1 aliphatic rings. The van der Waals surface area contributed by atoms with Crippen molar-refractivity contribution >= 4 is 5.97 Å². The lowest BCUT2D eigenvalue weighted by Crippen LogP contribution is -2.25. The van der Waals surface area contributed by atoms with E-state index in [1.807, 2.05) is 6.08 Å². The Morgan fingerprint density at radius 2 is 2.20 bits per heavy atom. The molecule has 0 heterocycles. The first kappa shape index (κ1) is 12.2. The third-order valence-electron chi connectivity index (χ3n) is 2.69. The van der Waals surface area contributed by atoms with Gasteiger partial charge in [-0.3, -0.25) is 0 Å². The highest BCUT2D eigenvalue weighted by molar-refractivity contribution is 5.77. The summed E-state index contributed by atoms with van der Waals surface area (Å²) in [5.74, 6) is -0.510. The predicted molar refractivity (Wildman–Crippen MR) is 58.4 cm³/mol. The van der Waals surface area contributed by atoms with Crippen LogP contribution in [-0.4, -0.2) is 23.8 Å². The fourth-order valence-corrected chi connectivity index (χ4v) is 1.84. The van der Waals surface area contributed by atoms with Crippen molar-refractivity contribution in [2.75, 3.05) is 6.61 Å². The lowest BCUT2D eigenvalue weighted by Gasteiger charge is -2.15. The van der Waals surface area contributed by atoms with Gasteiger partial charge in [0.2, 0.25) is 0 Å². The molecule has 1 atom stereocenters. The van der Waals surface area contributed by atoms with Gasteiger partial charge in [-0.1, -0.05) is 18.9 Å². The molecule has 0 aromatic rings. The molecule has 15 heavy (non-hydrogen) atoms. The number of esters is 1. The molecule has 1 unspecified atom stereocenters. The molecule has 0 aliphatic heterocycles. The summed E-state index contributed by atoms with van der Waals surface area (Å²) in [6.07, 6.45) is 7.39. The van der Waals surface area contributed by atoms with Crippen molar-refractivity contribution in [1.82, 2.24) is 0 Å². The molecular formula is C12H20O3. The van der Waals surface area contributed by atoms with Crippen LogP contribution in [0.15, 0.2) is 11.6 Å². The van der Waals surface area contributed by atoms with Crippen LogP contribution in [0.2, 0.25) is 0 Å². The quantitative estimate of drug-likeness (QED) is 0.576. The standard InChI is InChI=1S/C12H20O3/c1-2-15-12(14)11(13)10-8-6-4-3-5-7-9-10/h8,11,13H,2-7,9H2,1H3/b10-8+. The summed E-state index contributed by atoms with van der Waals surface area (Å²) in [6, 6.07) is 0. The average molecular weight is 212 g/mol. The van der Waals surface area contributed by atoms with Crippen LogP contribution >= 0.6 is 0 Å². The second kappa shape index (κ2) is 6.62.